The standard InChI is InChI=1S/C70H125O11P/c1-4-7-10-13-16-19-22-25-28-31-33-36-39-42-45-48-51-54-57-60-69(73)80-66(62-71)64-78-82(75,76)79-65-67(63-77-68(72)59-56-53-50-47-44-41-38-35-30-27-24-21-18-15-12-9-6-3)81-70(74)61-58-55-52-49-46-43-40-37-34-32-29-26-23-20-17-14-11-8-5-2/h16-17,19-20,25-26,28-29,33-34,36-37,66-67,71H,4-15,18,21-24,27,30-32,35,38-65H2,1-3H3,(H,75,76)/b19-16-,20-17-,28-25-,29-26-,36-33-,37-34-. The van der Waals surface area contributed by atoms with Gasteiger partial charge in [-0.1, -0.05) is 273 Å². The van der Waals surface area contributed by atoms with Crippen molar-refractivity contribution in [2.45, 2.75) is 328 Å². The summed E-state index contributed by atoms with van der Waals surface area (Å²) in [4.78, 5) is 48.8. The van der Waals surface area contributed by atoms with Gasteiger partial charge in [-0.05, 0) is 96.3 Å². The molecule has 0 aromatic rings. The van der Waals surface area contributed by atoms with Crippen molar-refractivity contribution >= 4 is 25.7 Å². The van der Waals surface area contributed by atoms with Crippen molar-refractivity contribution in [1.82, 2.24) is 0 Å². The number of aliphatic hydroxyl groups is 1. The van der Waals surface area contributed by atoms with Gasteiger partial charge < -0.3 is 24.2 Å². The van der Waals surface area contributed by atoms with Crippen LogP contribution in [0.1, 0.15) is 316 Å². The molecule has 0 heterocycles. The first-order valence-electron chi connectivity index (χ1n) is 33.8. The number of esters is 3. The van der Waals surface area contributed by atoms with Gasteiger partial charge in [0.1, 0.15) is 12.7 Å². The van der Waals surface area contributed by atoms with Crippen molar-refractivity contribution in [3.8, 4) is 0 Å². The maximum Gasteiger partial charge on any atom is 0.472 e. The SMILES string of the molecule is CCCCC/C=C\C/C=C\C/C=C\CCCCCCCCC(=O)OC(CO)COP(=O)(O)OCC(COC(=O)CCCCCCCCCCCCCCCCCCC)OC(=O)CCCCCCCC/C=C\C/C=C\C/C=C\CCCCC. The molecule has 0 amide bonds. The number of phosphoric ester groups is 1. The van der Waals surface area contributed by atoms with E-state index >= 15 is 0 Å². The first-order chi connectivity index (χ1) is 40.2. The van der Waals surface area contributed by atoms with Crippen LogP contribution in [0.5, 0.6) is 0 Å². The molecule has 11 nitrogen and oxygen atoms in total. The highest BCUT2D eigenvalue weighted by molar-refractivity contribution is 7.47. The Hall–Kier alpha value is -3.08. The third-order valence-electron chi connectivity index (χ3n) is 14.6. The molecule has 0 spiro atoms. The number of rotatable bonds is 63. The van der Waals surface area contributed by atoms with Crippen molar-refractivity contribution in [2.75, 3.05) is 26.4 Å². The number of carbonyl (C=O) groups excluding carboxylic acids is 3. The monoisotopic (exact) mass is 1170 g/mol. The molecule has 476 valence electrons. The van der Waals surface area contributed by atoms with Crippen molar-refractivity contribution < 1.29 is 52.2 Å². The molecule has 0 radical (unpaired) electrons. The highest BCUT2D eigenvalue weighted by Gasteiger charge is 2.28. The van der Waals surface area contributed by atoms with E-state index in [1.165, 1.54) is 135 Å². The Morgan fingerprint density at radius 2 is 0.598 bits per heavy atom. The average Bonchev–Trinajstić information content (AvgIpc) is 3.47. The third kappa shape index (κ3) is 61.5. The number of aliphatic hydroxyl groups excluding tert-OH is 1. The zero-order valence-electron chi connectivity index (χ0n) is 53.0. The van der Waals surface area contributed by atoms with Gasteiger partial charge in [0.2, 0.25) is 0 Å². The largest absolute Gasteiger partial charge is 0.472 e. The molecule has 3 unspecified atom stereocenters. The number of hydrogen-bond donors (Lipinski definition) is 2. The van der Waals surface area contributed by atoms with Gasteiger partial charge in [0, 0.05) is 19.3 Å². The summed E-state index contributed by atoms with van der Waals surface area (Å²) in [6.45, 7) is 4.62. The summed E-state index contributed by atoms with van der Waals surface area (Å²) in [5.41, 5.74) is 0. The van der Waals surface area contributed by atoms with E-state index in [9.17, 15) is 28.9 Å². The second kappa shape index (κ2) is 63.9. The van der Waals surface area contributed by atoms with Crippen LogP contribution >= 0.6 is 7.82 Å². The van der Waals surface area contributed by atoms with E-state index in [4.69, 9.17) is 23.3 Å². The van der Waals surface area contributed by atoms with Gasteiger partial charge >= 0.3 is 25.7 Å². The third-order valence-corrected chi connectivity index (χ3v) is 15.6. The lowest BCUT2D eigenvalue weighted by Crippen LogP contribution is -2.30. The molecule has 0 fully saturated rings. The molecule has 12 heteroatoms. The van der Waals surface area contributed by atoms with Crippen molar-refractivity contribution in [1.29, 1.82) is 0 Å². The van der Waals surface area contributed by atoms with E-state index in [0.29, 0.717) is 19.3 Å². The molecule has 0 aromatic carbocycles. The summed E-state index contributed by atoms with van der Waals surface area (Å²) in [6.07, 6.45) is 74.1. The second-order valence-electron chi connectivity index (χ2n) is 22.6. The van der Waals surface area contributed by atoms with E-state index in [1.54, 1.807) is 0 Å². The Morgan fingerprint density at radius 1 is 0.341 bits per heavy atom. The van der Waals surface area contributed by atoms with Gasteiger partial charge in [0.05, 0.1) is 19.8 Å². The predicted molar refractivity (Wildman–Crippen MR) is 344 cm³/mol. The van der Waals surface area contributed by atoms with Gasteiger partial charge in [0.25, 0.3) is 0 Å². The highest BCUT2D eigenvalue weighted by atomic mass is 31.2. The molecule has 82 heavy (non-hydrogen) atoms. The van der Waals surface area contributed by atoms with E-state index in [2.05, 4.69) is 93.7 Å². The fraction of sp³-hybridized carbons (Fsp3) is 0.786. The molecule has 0 aliphatic carbocycles. The Morgan fingerprint density at radius 3 is 0.939 bits per heavy atom. The van der Waals surface area contributed by atoms with Crippen LogP contribution in [0.3, 0.4) is 0 Å². The molecule has 2 N–H and O–H groups in total. The summed E-state index contributed by atoms with van der Waals surface area (Å²) in [5.74, 6) is -1.47. The lowest BCUT2D eigenvalue weighted by molar-refractivity contribution is -0.161. The second-order valence-corrected chi connectivity index (χ2v) is 24.1. The molecule has 0 aliphatic rings. The fourth-order valence-corrected chi connectivity index (χ4v) is 10.2. The Kier molecular flexibility index (Phi) is 61.5. The average molecular weight is 1170 g/mol. The molecule has 0 aromatic heterocycles. The Balaban J connectivity index is 4.70. The van der Waals surface area contributed by atoms with Crippen LogP contribution < -0.4 is 0 Å². The van der Waals surface area contributed by atoms with E-state index in [0.717, 1.165) is 122 Å². The summed E-state index contributed by atoms with van der Waals surface area (Å²) in [5, 5.41) is 9.87. The summed E-state index contributed by atoms with van der Waals surface area (Å²) in [6, 6.07) is 0. The number of ether oxygens (including phenoxy) is 3. The minimum absolute atomic E-state index is 0.153. The highest BCUT2D eigenvalue weighted by Crippen LogP contribution is 2.43. The van der Waals surface area contributed by atoms with Crippen LogP contribution in [0.4, 0.5) is 0 Å². The zero-order chi connectivity index (χ0) is 59.8. The lowest BCUT2D eigenvalue weighted by Gasteiger charge is -2.21. The number of allylic oxidation sites excluding steroid dienone is 12. The van der Waals surface area contributed by atoms with E-state index in [1.807, 2.05) is 0 Å². The van der Waals surface area contributed by atoms with E-state index in [-0.39, 0.29) is 25.9 Å². The minimum atomic E-state index is -4.76. The summed E-state index contributed by atoms with van der Waals surface area (Å²) >= 11 is 0. The van der Waals surface area contributed by atoms with Crippen LogP contribution in [0.25, 0.3) is 0 Å². The zero-order valence-corrected chi connectivity index (χ0v) is 53.8. The van der Waals surface area contributed by atoms with Gasteiger partial charge in [-0.2, -0.15) is 0 Å². The molecule has 0 bridgehead atoms. The molecule has 0 saturated heterocycles. The van der Waals surface area contributed by atoms with Crippen molar-refractivity contribution in [3.05, 3.63) is 72.9 Å². The quantitative estimate of drug-likeness (QED) is 0.0197. The first-order valence-corrected chi connectivity index (χ1v) is 35.3. The number of hydrogen-bond acceptors (Lipinski definition) is 10. The van der Waals surface area contributed by atoms with Gasteiger partial charge in [-0.25, -0.2) is 4.57 Å². The molecule has 0 aliphatic heterocycles. The first kappa shape index (κ1) is 78.9. The van der Waals surface area contributed by atoms with E-state index < -0.39 is 57.8 Å². The predicted octanol–water partition coefficient (Wildman–Crippen LogP) is 20.8. The fourth-order valence-electron chi connectivity index (χ4n) is 9.43. The summed E-state index contributed by atoms with van der Waals surface area (Å²) < 4.78 is 39.8. The normalized spacial score (nSPS) is 13.7. The summed E-state index contributed by atoms with van der Waals surface area (Å²) in [7, 11) is -4.76. The lowest BCUT2D eigenvalue weighted by atomic mass is 10.0. The molecule has 0 rings (SSSR count). The topological polar surface area (TPSA) is 155 Å². The molecular weight excluding hydrogens is 1050 g/mol. The smallest absolute Gasteiger partial charge is 0.462 e. The van der Waals surface area contributed by atoms with Crippen molar-refractivity contribution in [3.63, 3.8) is 0 Å². The van der Waals surface area contributed by atoms with Crippen LogP contribution in [-0.2, 0) is 42.2 Å². The van der Waals surface area contributed by atoms with Gasteiger partial charge in [0.15, 0.2) is 6.10 Å². The van der Waals surface area contributed by atoms with Crippen LogP contribution in [0, 0.1) is 0 Å². The maximum absolute atomic E-state index is 13.0. The van der Waals surface area contributed by atoms with Crippen LogP contribution in [-0.4, -0.2) is 66.5 Å². The van der Waals surface area contributed by atoms with Crippen molar-refractivity contribution in [2.24, 2.45) is 0 Å². The van der Waals surface area contributed by atoms with Crippen LogP contribution in [0.2, 0.25) is 0 Å². The molecule has 0 saturated carbocycles. The maximum atomic E-state index is 13.0. The minimum Gasteiger partial charge on any atom is -0.462 e. The van der Waals surface area contributed by atoms with Crippen LogP contribution in [0.15, 0.2) is 72.9 Å². The molecular formula is C70H125O11P. The number of carbonyl (C=O) groups is 3. The number of phosphoric acid groups is 1. The molecule has 3 atom stereocenters. The van der Waals surface area contributed by atoms with Gasteiger partial charge in [-0.3, -0.25) is 23.4 Å². The number of unbranched alkanes of at least 4 members (excludes halogenated alkanes) is 34. The van der Waals surface area contributed by atoms with Gasteiger partial charge in [-0.15, -0.1) is 0 Å². The Labute approximate surface area is 503 Å². The Bertz CT molecular complexity index is 1650.